The molecule has 0 atom stereocenters. The second-order valence-corrected chi connectivity index (χ2v) is 14.3. The zero-order valence-corrected chi connectivity index (χ0v) is 22.7. The zero-order chi connectivity index (χ0) is 22.9. The van der Waals surface area contributed by atoms with Crippen molar-refractivity contribution in [2.24, 2.45) is 0 Å². The predicted molar refractivity (Wildman–Crippen MR) is 147 cm³/mol. The van der Waals surface area contributed by atoms with Crippen LogP contribution in [0.4, 0.5) is 9.59 Å². The van der Waals surface area contributed by atoms with Gasteiger partial charge in [0.2, 0.25) is 0 Å². The molecule has 2 aliphatic heterocycles. The minimum atomic E-state index is 0.120. The number of hydrogen-bond acceptors (Lipinski definition) is 11. The molecule has 0 amide bonds. The lowest BCUT2D eigenvalue weighted by Gasteiger charge is -2.11. The summed E-state index contributed by atoms with van der Waals surface area (Å²) >= 11 is 2.66. The van der Waals surface area contributed by atoms with Crippen molar-refractivity contribution in [2.45, 2.75) is 35.5 Å². The molecule has 33 heavy (non-hydrogen) atoms. The zero-order valence-electron chi connectivity index (χ0n) is 17.8. The van der Waals surface area contributed by atoms with Crippen molar-refractivity contribution in [1.29, 1.82) is 0 Å². The van der Waals surface area contributed by atoms with Gasteiger partial charge in [0, 0.05) is 59.9 Å². The highest BCUT2D eigenvalue weighted by molar-refractivity contribution is 8.86. The molecular formula is C22H24N2O3S6. The van der Waals surface area contributed by atoms with E-state index < -0.39 is 0 Å². The van der Waals surface area contributed by atoms with Gasteiger partial charge < -0.3 is 4.74 Å². The fourth-order valence-electron chi connectivity index (χ4n) is 3.23. The summed E-state index contributed by atoms with van der Waals surface area (Å²) in [4.78, 5) is 26.2. The van der Waals surface area contributed by atoms with E-state index in [2.05, 4.69) is 8.61 Å². The Hall–Kier alpha value is -0.400. The minimum Gasteiger partial charge on any atom is -0.457 e. The van der Waals surface area contributed by atoms with Gasteiger partial charge in [-0.1, -0.05) is 0 Å². The Morgan fingerprint density at radius 1 is 0.606 bits per heavy atom. The molecular weight excluding hydrogens is 533 g/mol. The number of carbonyl (C=O) groups excluding carboxylic acids is 2. The highest BCUT2D eigenvalue weighted by atomic mass is 33.1. The van der Waals surface area contributed by atoms with Gasteiger partial charge in [-0.15, -0.1) is 0 Å². The Morgan fingerprint density at radius 3 is 1.33 bits per heavy atom. The molecule has 5 nitrogen and oxygen atoms in total. The van der Waals surface area contributed by atoms with E-state index in [4.69, 9.17) is 4.74 Å². The van der Waals surface area contributed by atoms with E-state index in [1.54, 1.807) is 0 Å². The van der Waals surface area contributed by atoms with Crippen LogP contribution >= 0.6 is 67.1 Å². The normalized spacial score (nSPS) is 16.8. The molecule has 0 unspecified atom stereocenters. The van der Waals surface area contributed by atoms with E-state index in [0.717, 1.165) is 47.5 Å². The van der Waals surface area contributed by atoms with Gasteiger partial charge in [-0.25, -0.2) is 8.61 Å². The smallest absolute Gasteiger partial charge is 0.271 e. The SMILES string of the molecule is O=C(SSc1ccc(Oc2ccc(SSC(=O)SN3CCCC3)cc2)cc1)SN1CCCC1. The largest absolute Gasteiger partial charge is 0.457 e. The molecule has 0 aromatic heterocycles. The van der Waals surface area contributed by atoms with Crippen molar-refractivity contribution in [3.05, 3.63) is 48.5 Å². The Balaban J connectivity index is 1.17. The second-order valence-electron chi connectivity index (χ2n) is 7.33. The molecule has 2 saturated heterocycles. The topological polar surface area (TPSA) is 49.9 Å². The average Bonchev–Trinajstić information content (AvgIpc) is 3.53. The van der Waals surface area contributed by atoms with E-state index in [-0.39, 0.29) is 8.89 Å². The Labute approximate surface area is 219 Å². The molecule has 176 valence electrons. The second kappa shape index (κ2) is 13.6. The maximum absolute atomic E-state index is 12.1. The third-order valence-electron chi connectivity index (χ3n) is 4.83. The van der Waals surface area contributed by atoms with Crippen molar-refractivity contribution in [1.82, 2.24) is 8.61 Å². The summed E-state index contributed by atoms with van der Waals surface area (Å²) < 4.78 is 10.4. The van der Waals surface area contributed by atoms with Crippen LogP contribution in [-0.2, 0) is 0 Å². The van der Waals surface area contributed by atoms with Crippen LogP contribution in [0, 0.1) is 0 Å². The third kappa shape index (κ3) is 8.96. The highest BCUT2D eigenvalue weighted by Gasteiger charge is 2.18. The van der Waals surface area contributed by atoms with Crippen LogP contribution in [0.5, 0.6) is 11.5 Å². The first kappa shape index (κ1) is 25.7. The van der Waals surface area contributed by atoms with Crippen LogP contribution < -0.4 is 4.74 Å². The predicted octanol–water partition coefficient (Wildman–Crippen LogP) is 8.69. The highest BCUT2D eigenvalue weighted by Crippen LogP contribution is 2.39. The van der Waals surface area contributed by atoms with Gasteiger partial charge in [-0.3, -0.25) is 9.59 Å². The summed E-state index contributed by atoms with van der Waals surface area (Å²) in [7, 11) is 5.48. The maximum atomic E-state index is 12.1. The quantitative estimate of drug-likeness (QED) is 0.232. The number of ether oxygens (including phenoxy) is 1. The molecule has 0 saturated carbocycles. The van der Waals surface area contributed by atoms with Crippen molar-refractivity contribution in [2.75, 3.05) is 26.2 Å². The lowest BCUT2D eigenvalue weighted by atomic mass is 10.3. The van der Waals surface area contributed by atoms with Gasteiger partial charge in [0.15, 0.2) is 0 Å². The number of carbonyl (C=O) groups is 2. The van der Waals surface area contributed by atoms with Crippen LogP contribution in [0.3, 0.4) is 0 Å². The van der Waals surface area contributed by atoms with Crippen molar-refractivity contribution in [3.8, 4) is 11.5 Å². The molecule has 2 heterocycles. The molecule has 0 spiro atoms. The molecule has 11 heteroatoms. The lowest BCUT2D eigenvalue weighted by molar-refractivity contribution is 0.275. The summed E-state index contributed by atoms with van der Waals surface area (Å²) in [5.41, 5.74) is 0. The molecule has 2 aromatic rings. The molecule has 2 fully saturated rings. The van der Waals surface area contributed by atoms with E-state index in [1.165, 1.54) is 92.8 Å². The molecule has 2 aliphatic rings. The maximum Gasteiger partial charge on any atom is 0.271 e. The van der Waals surface area contributed by atoms with Gasteiger partial charge in [0.1, 0.15) is 11.5 Å². The Kier molecular flexibility index (Phi) is 10.6. The van der Waals surface area contributed by atoms with Crippen LogP contribution in [0.1, 0.15) is 25.7 Å². The molecule has 0 radical (unpaired) electrons. The molecule has 4 rings (SSSR count). The summed E-state index contributed by atoms with van der Waals surface area (Å²) in [6, 6.07) is 15.5. The van der Waals surface area contributed by atoms with E-state index in [9.17, 15) is 9.59 Å². The standard InChI is InChI=1S/C22H24N2O3S6/c25-21(28-23-13-1-2-14-23)32-30-19-9-5-17(6-10-19)27-18-7-11-20(12-8-18)31-33-22(26)29-24-15-3-4-16-24/h5-12H,1-4,13-16H2. The number of benzene rings is 2. The van der Waals surface area contributed by atoms with Crippen molar-refractivity contribution >= 4 is 76.0 Å². The number of rotatable bonds is 8. The fourth-order valence-corrected chi connectivity index (χ4v) is 9.04. The van der Waals surface area contributed by atoms with Crippen molar-refractivity contribution in [3.63, 3.8) is 0 Å². The van der Waals surface area contributed by atoms with Crippen LogP contribution in [-0.4, -0.2) is 43.7 Å². The van der Waals surface area contributed by atoms with Gasteiger partial charge >= 0.3 is 0 Å². The first-order chi connectivity index (χ1) is 16.1. The van der Waals surface area contributed by atoms with Gasteiger partial charge in [-0.05, 0) is 117 Å². The van der Waals surface area contributed by atoms with Gasteiger partial charge in [-0.2, -0.15) is 0 Å². The molecule has 2 aromatic carbocycles. The van der Waals surface area contributed by atoms with Gasteiger partial charge in [0.25, 0.3) is 8.89 Å². The molecule has 0 aliphatic carbocycles. The van der Waals surface area contributed by atoms with E-state index in [0.29, 0.717) is 0 Å². The summed E-state index contributed by atoms with van der Waals surface area (Å²) in [6.45, 7) is 4.01. The molecule has 0 N–H and O–H groups in total. The van der Waals surface area contributed by atoms with Crippen LogP contribution in [0.25, 0.3) is 0 Å². The van der Waals surface area contributed by atoms with Crippen LogP contribution in [0.2, 0.25) is 0 Å². The van der Waals surface area contributed by atoms with E-state index >= 15 is 0 Å². The number of nitrogens with zero attached hydrogens (tertiary/aromatic N) is 2. The van der Waals surface area contributed by atoms with E-state index in [1.807, 2.05) is 48.5 Å². The Bertz CT molecular complexity index is 841. The lowest BCUT2D eigenvalue weighted by Crippen LogP contribution is -2.10. The summed E-state index contributed by atoms with van der Waals surface area (Å²) in [5.74, 6) is 1.49. The Morgan fingerprint density at radius 2 is 0.970 bits per heavy atom. The fraction of sp³-hybridized carbons (Fsp3) is 0.364. The first-order valence-electron chi connectivity index (χ1n) is 10.6. The first-order valence-corrected chi connectivity index (χ1v) is 16.5. The summed E-state index contributed by atoms with van der Waals surface area (Å²) in [6.07, 6.45) is 4.71. The van der Waals surface area contributed by atoms with Crippen molar-refractivity contribution < 1.29 is 14.3 Å². The number of hydrogen-bond donors (Lipinski definition) is 0. The van der Waals surface area contributed by atoms with Gasteiger partial charge in [0.05, 0.1) is 0 Å². The minimum absolute atomic E-state index is 0.120. The molecule has 0 bridgehead atoms. The third-order valence-corrected chi connectivity index (χ3v) is 11.9. The summed E-state index contributed by atoms with van der Waals surface area (Å²) in [5, 5.41) is 0. The van der Waals surface area contributed by atoms with Crippen LogP contribution in [0.15, 0.2) is 58.3 Å². The average molecular weight is 557 g/mol. The monoisotopic (exact) mass is 556 g/mol.